The van der Waals surface area contributed by atoms with Crippen molar-refractivity contribution >= 4 is 28.3 Å². The van der Waals surface area contributed by atoms with Gasteiger partial charge in [0.25, 0.3) is 0 Å². The summed E-state index contributed by atoms with van der Waals surface area (Å²) in [4.78, 5) is 0. The predicted molar refractivity (Wildman–Crippen MR) is 85.8 cm³/mol. The number of anilines is 1. The minimum absolute atomic E-state index is 0.0897. The van der Waals surface area contributed by atoms with Crippen molar-refractivity contribution in [2.45, 2.75) is 6.92 Å². The number of nitrogens with one attached hydrogen (secondary N) is 1. The van der Waals surface area contributed by atoms with Crippen LogP contribution in [0.1, 0.15) is 6.92 Å². The highest BCUT2D eigenvalue weighted by atomic mass is 32.2. The monoisotopic (exact) mass is 357 g/mol. The lowest BCUT2D eigenvalue weighted by atomic mass is 9.79. The number of ether oxygens (including phenoxy) is 1. The van der Waals surface area contributed by atoms with Gasteiger partial charge in [-0.2, -0.15) is 0 Å². The average Bonchev–Trinajstić information content (AvgIpc) is 2.51. The topological polar surface area (TPSA) is 95.9 Å². The van der Waals surface area contributed by atoms with E-state index < -0.39 is 28.8 Å². The number of hydrogen-bond acceptors (Lipinski definition) is 5. The molecule has 2 rings (SSSR count). The molecular formula is C14H14BF2NO5S. The Morgan fingerprint density at radius 1 is 1.12 bits per heavy atom. The van der Waals surface area contributed by atoms with Crippen molar-refractivity contribution in [2.24, 2.45) is 0 Å². The molecule has 0 amide bonds. The Balaban J connectivity index is 2.36. The summed E-state index contributed by atoms with van der Waals surface area (Å²) in [7, 11) is -5.55. The molecule has 2 aromatic rings. The first-order valence-corrected chi connectivity index (χ1v) is 8.50. The molecule has 128 valence electrons. The maximum atomic E-state index is 13.6. The minimum Gasteiger partial charge on any atom is -0.455 e. The van der Waals surface area contributed by atoms with E-state index in [2.05, 4.69) is 4.72 Å². The fourth-order valence-electron chi connectivity index (χ4n) is 1.83. The molecule has 6 nitrogen and oxygen atoms in total. The second kappa shape index (κ2) is 7.16. The maximum absolute atomic E-state index is 13.6. The number of benzene rings is 2. The van der Waals surface area contributed by atoms with Crippen LogP contribution in [0.25, 0.3) is 0 Å². The van der Waals surface area contributed by atoms with Gasteiger partial charge in [-0.15, -0.1) is 0 Å². The summed E-state index contributed by atoms with van der Waals surface area (Å²) in [5.41, 5.74) is -0.0955. The molecule has 0 radical (unpaired) electrons. The van der Waals surface area contributed by atoms with Crippen LogP contribution in [0.5, 0.6) is 11.5 Å². The lowest BCUT2D eigenvalue weighted by Crippen LogP contribution is -2.31. The van der Waals surface area contributed by atoms with Crippen LogP contribution in [-0.2, 0) is 10.0 Å². The molecule has 0 bridgehead atoms. The Labute approximate surface area is 137 Å². The quantitative estimate of drug-likeness (QED) is 0.676. The zero-order valence-electron chi connectivity index (χ0n) is 12.5. The normalized spacial score (nSPS) is 11.2. The van der Waals surface area contributed by atoms with E-state index in [9.17, 15) is 27.2 Å². The Morgan fingerprint density at radius 2 is 1.79 bits per heavy atom. The summed E-state index contributed by atoms with van der Waals surface area (Å²) in [6.07, 6.45) is 0. The molecule has 0 saturated carbocycles. The van der Waals surface area contributed by atoms with Crippen molar-refractivity contribution in [3.63, 3.8) is 0 Å². The van der Waals surface area contributed by atoms with Gasteiger partial charge in [0.2, 0.25) is 10.0 Å². The van der Waals surface area contributed by atoms with Crippen molar-refractivity contribution in [1.29, 1.82) is 0 Å². The van der Waals surface area contributed by atoms with E-state index in [0.717, 1.165) is 18.2 Å². The van der Waals surface area contributed by atoms with E-state index in [1.54, 1.807) is 0 Å². The number of hydrogen-bond donors (Lipinski definition) is 3. The third-order valence-electron chi connectivity index (χ3n) is 3.06. The van der Waals surface area contributed by atoms with Crippen molar-refractivity contribution in [2.75, 3.05) is 10.5 Å². The molecule has 2 aromatic carbocycles. The molecule has 10 heteroatoms. The largest absolute Gasteiger partial charge is 0.492 e. The summed E-state index contributed by atoms with van der Waals surface area (Å²) >= 11 is 0. The highest BCUT2D eigenvalue weighted by Crippen LogP contribution is 2.25. The van der Waals surface area contributed by atoms with Gasteiger partial charge in [0.1, 0.15) is 11.6 Å². The smallest absolute Gasteiger partial charge is 0.455 e. The van der Waals surface area contributed by atoms with Crippen LogP contribution in [0, 0.1) is 11.6 Å². The summed E-state index contributed by atoms with van der Waals surface area (Å²) in [5.74, 6) is -2.35. The van der Waals surface area contributed by atoms with E-state index in [1.165, 1.54) is 19.1 Å². The second-order valence-corrected chi connectivity index (χ2v) is 6.82. The van der Waals surface area contributed by atoms with E-state index in [4.69, 9.17) is 4.74 Å². The fourth-order valence-corrected chi connectivity index (χ4v) is 2.47. The first-order valence-electron chi connectivity index (χ1n) is 6.85. The van der Waals surface area contributed by atoms with Crippen LogP contribution in [0.15, 0.2) is 36.4 Å². The summed E-state index contributed by atoms with van der Waals surface area (Å²) in [6.45, 7) is 1.44. The van der Waals surface area contributed by atoms with Crippen LogP contribution >= 0.6 is 0 Å². The average molecular weight is 357 g/mol. The van der Waals surface area contributed by atoms with E-state index >= 15 is 0 Å². The Kier molecular flexibility index (Phi) is 5.42. The van der Waals surface area contributed by atoms with Crippen LogP contribution in [0.2, 0.25) is 0 Å². The van der Waals surface area contributed by atoms with Gasteiger partial charge >= 0.3 is 7.12 Å². The molecule has 24 heavy (non-hydrogen) atoms. The van der Waals surface area contributed by atoms with Gasteiger partial charge in [0, 0.05) is 17.2 Å². The lowest BCUT2D eigenvalue weighted by Gasteiger charge is -2.14. The zero-order valence-corrected chi connectivity index (χ0v) is 13.3. The standard InChI is InChI=1S/C14H14BF2NO5S/c1-2-24(21,22)18-10-4-6-13(11(8-10)15(19)20)23-14-5-3-9(16)7-12(14)17/h3-8,18-20H,2H2,1H3. The Hall–Kier alpha value is -2.17. The molecule has 0 aliphatic heterocycles. The van der Waals surface area contributed by atoms with Crippen LogP contribution < -0.4 is 14.9 Å². The first kappa shape index (κ1) is 18.2. The van der Waals surface area contributed by atoms with Gasteiger partial charge in [-0.1, -0.05) is 0 Å². The zero-order chi connectivity index (χ0) is 17.9. The van der Waals surface area contributed by atoms with Crippen molar-refractivity contribution < 1.29 is 32.0 Å². The third kappa shape index (κ3) is 4.43. The molecule has 0 unspecified atom stereocenters. The number of rotatable bonds is 6. The third-order valence-corrected chi connectivity index (χ3v) is 4.36. The molecule has 0 spiro atoms. The molecule has 0 aliphatic rings. The lowest BCUT2D eigenvalue weighted by molar-refractivity contribution is 0.415. The molecule has 3 N–H and O–H groups in total. The molecular weight excluding hydrogens is 343 g/mol. The van der Waals surface area contributed by atoms with Gasteiger partial charge < -0.3 is 14.8 Å². The van der Waals surface area contributed by atoms with E-state index in [1.807, 2.05) is 0 Å². The van der Waals surface area contributed by atoms with E-state index in [0.29, 0.717) is 6.07 Å². The summed E-state index contributed by atoms with van der Waals surface area (Å²) < 4.78 is 57.1. The SMILES string of the molecule is CCS(=O)(=O)Nc1ccc(Oc2ccc(F)cc2F)c(B(O)O)c1. The molecule has 0 heterocycles. The molecule has 0 atom stereocenters. The maximum Gasteiger partial charge on any atom is 0.492 e. The van der Waals surface area contributed by atoms with Gasteiger partial charge in [0.15, 0.2) is 11.6 Å². The van der Waals surface area contributed by atoms with Gasteiger partial charge in [-0.05, 0) is 37.3 Å². The van der Waals surface area contributed by atoms with Crippen LogP contribution in [0.4, 0.5) is 14.5 Å². The number of halogens is 2. The number of sulfonamides is 1. The molecule has 0 fully saturated rings. The summed E-state index contributed by atoms with van der Waals surface area (Å²) in [5, 5.41) is 18.8. The van der Waals surface area contributed by atoms with Crippen LogP contribution in [-0.4, -0.2) is 31.3 Å². The Bertz CT molecular complexity index is 845. The highest BCUT2D eigenvalue weighted by Gasteiger charge is 2.20. The molecule has 0 aliphatic carbocycles. The second-order valence-electron chi connectivity index (χ2n) is 4.81. The molecule has 0 aromatic heterocycles. The van der Waals surface area contributed by atoms with Crippen LogP contribution in [0.3, 0.4) is 0 Å². The van der Waals surface area contributed by atoms with Crippen molar-refractivity contribution in [3.05, 3.63) is 48.0 Å². The van der Waals surface area contributed by atoms with Crippen molar-refractivity contribution in [1.82, 2.24) is 0 Å². The minimum atomic E-state index is -3.55. The predicted octanol–water partition coefficient (Wildman–Crippen LogP) is 1.20. The van der Waals surface area contributed by atoms with Crippen molar-refractivity contribution in [3.8, 4) is 11.5 Å². The van der Waals surface area contributed by atoms with Gasteiger partial charge in [-0.25, -0.2) is 17.2 Å². The van der Waals surface area contributed by atoms with Gasteiger partial charge in [-0.3, -0.25) is 4.72 Å². The fraction of sp³-hybridized carbons (Fsp3) is 0.143. The van der Waals surface area contributed by atoms with Gasteiger partial charge in [0.05, 0.1) is 5.75 Å². The molecule has 0 saturated heterocycles. The summed E-state index contributed by atoms with van der Waals surface area (Å²) in [6, 6.07) is 6.35. The first-order chi connectivity index (χ1) is 11.2. The highest BCUT2D eigenvalue weighted by molar-refractivity contribution is 7.92. The Morgan fingerprint density at radius 3 is 2.38 bits per heavy atom. The van der Waals surface area contributed by atoms with E-state index in [-0.39, 0.29) is 28.4 Å².